The molecule has 1 N–H and O–H groups in total. The Morgan fingerprint density at radius 2 is 1.87 bits per heavy atom. The van der Waals surface area contributed by atoms with E-state index in [2.05, 4.69) is 10.3 Å². The number of aryl methyl sites for hydroxylation is 1. The Morgan fingerprint density at radius 3 is 2.47 bits per heavy atom. The van der Waals surface area contributed by atoms with Gasteiger partial charge in [0, 0.05) is 24.6 Å². The average molecular weight is 467 g/mol. The van der Waals surface area contributed by atoms with Crippen LogP contribution in [0.2, 0.25) is 10.0 Å². The van der Waals surface area contributed by atoms with Crippen LogP contribution in [-0.4, -0.2) is 36.7 Å². The zero-order valence-corrected chi connectivity index (χ0v) is 18.7. The molecule has 1 heterocycles. The molecule has 30 heavy (non-hydrogen) atoms. The zero-order valence-electron chi connectivity index (χ0n) is 16.3. The fourth-order valence-corrected chi connectivity index (χ4v) is 4.19. The summed E-state index contributed by atoms with van der Waals surface area (Å²) in [5.74, 6) is 0.405. The molecule has 1 amide bonds. The van der Waals surface area contributed by atoms with Gasteiger partial charge in [-0.25, -0.2) is 13.4 Å². The van der Waals surface area contributed by atoms with Gasteiger partial charge in [-0.05, 0) is 36.8 Å². The van der Waals surface area contributed by atoms with Crippen LogP contribution in [0, 0.1) is 6.92 Å². The summed E-state index contributed by atoms with van der Waals surface area (Å²) in [6, 6.07) is 12.2. The molecule has 3 rings (SSSR count). The predicted molar refractivity (Wildman–Crippen MR) is 119 cm³/mol. The van der Waals surface area contributed by atoms with Gasteiger partial charge in [0.15, 0.2) is 0 Å². The van der Waals surface area contributed by atoms with Gasteiger partial charge in [0.25, 0.3) is 0 Å². The van der Waals surface area contributed by atoms with Gasteiger partial charge in [0.1, 0.15) is 12.4 Å². The van der Waals surface area contributed by atoms with Crippen molar-refractivity contribution in [3.63, 3.8) is 0 Å². The average Bonchev–Trinajstić information content (AvgIpc) is 3.12. The van der Waals surface area contributed by atoms with Gasteiger partial charge in [-0.3, -0.25) is 9.10 Å². The second kappa shape index (κ2) is 9.07. The largest absolute Gasteiger partial charge is 0.350 e. The highest BCUT2D eigenvalue weighted by Crippen LogP contribution is 2.33. The molecule has 0 saturated carbocycles. The summed E-state index contributed by atoms with van der Waals surface area (Å²) in [4.78, 5) is 16.6. The number of amides is 1. The third-order valence-corrected chi connectivity index (χ3v) is 6.35. The standard InChI is InChI=1S/C20H20Cl2N4O3S/c1-14-23-10-11-25(14)16-8-6-15(7-9-16)12-24-19(27)13-26(30(2,28)29)18-5-3-4-17(21)20(18)22/h3-11H,12-13H2,1-2H3,(H,24,27). The van der Waals surface area contributed by atoms with E-state index in [9.17, 15) is 13.2 Å². The van der Waals surface area contributed by atoms with E-state index in [-0.39, 0.29) is 22.3 Å². The maximum atomic E-state index is 12.4. The fraction of sp³-hybridized carbons (Fsp3) is 0.200. The third-order valence-electron chi connectivity index (χ3n) is 4.42. The topological polar surface area (TPSA) is 84.3 Å². The number of hydrogen-bond donors (Lipinski definition) is 1. The van der Waals surface area contributed by atoms with E-state index < -0.39 is 22.5 Å². The summed E-state index contributed by atoms with van der Waals surface area (Å²) in [7, 11) is -3.75. The molecule has 0 aliphatic carbocycles. The highest BCUT2D eigenvalue weighted by Gasteiger charge is 2.23. The summed E-state index contributed by atoms with van der Waals surface area (Å²) >= 11 is 12.1. The molecular weight excluding hydrogens is 447 g/mol. The van der Waals surface area contributed by atoms with E-state index in [1.807, 2.05) is 42.0 Å². The summed E-state index contributed by atoms with van der Waals surface area (Å²) in [6.45, 7) is 1.75. The Kier molecular flexibility index (Phi) is 6.70. The van der Waals surface area contributed by atoms with Gasteiger partial charge in [-0.1, -0.05) is 41.4 Å². The molecular formula is C20H20Cl2N4O3S. The molecule has 0 spiro atoms. The quantitative estimate of drug-likeness (QED) is 0.576. The first-order chi connectivity index (χ1) is 14.2. The number of nitrogens with one attached hydrogen (secondary N) is 1. The van der Waals surface area contributed by atoms with Crippen molar-refractivity contribution in [1.82, 2.24) is 14.9 Å². The zero-order chi connectivity index (χ0) is 21.9. The van der Waals surface area contributed by atoms with E-state index in [1.165, 1.54) is 6.07 Å². The Morgan fingerprint density at radius 1 is 1.17 bits per heavy atom. The third kappa shape index (κ3) is 5.13. The summed E-state index contributed by atoms with van der Waals surface area (Å²) in [5.41, 5.74) is 1.98. The lowest BCUT2D eigenvalue weighted by Gasteiger charge is -2.23. The number of rotatable bonds is 7. The van der Waals surface area contributed by atoms with E-state index in [0.717, 1.165) is 27.6 Å². The molecule has 158 valence electrons. The molecule has 0 bridgehead atoms. The highest BCUT2D eigenvalue weighted by atomic mass is 35.5. The maximum Gasteiger partial charge on any atom is 0.241 e. The van der Waals surface area contributed by atoms with Crippen LogP contribution in [0.15, 0.2) is 54.9 Å². The number of hydrogen-bond acceptors (Lipinski definition) is 4. The van der Waals surface area contributed by atoms with E-state index >= 15 is 0 Å². The minimum Gasteiger partial charge on any atom is -0.350 e. The van der Waals surface area contributed by atoms with Gasteiger partial charge >= 0.3 is 0 Å². The number of imidazole rings is 1. The SMILES string of the molecule is Cc1nccn1-c1ccc(CNC(=O)CN(c2cccc(Cl)c2Cl)S(C)(=O)=O)cc1. The van der Waals surface area contributed by atoms with Crippen LogP contribution in [0.25, 0.3) is 5.69 Å². The number of aromatic nitrogens is 2. The normalized spacial score (nSPS) is 11.3. The van der Waals surface area contributed by atoms with Crippen LogP contribution < -0.4 is 9.62 Å². The van der Waals surface area contributed by atoms with Crippen LogP contribution >= 0.6 is 23.2 Å². The Bertz CT molecular complexity index is 1160. The van der Waals surface area contributed by atoms with Crippen LogP contribution in [0.3, 0.4) is 0 Å². The van der Waals surface area contributed by atoms with Crippen molar-refractivity contribution in [3.05, 3.63) is 76.3 Å². The monoisotopic (exact) mass is 466 g/mol. The van der Waals surface area contributed by atoms with E-state index in [1.54, 1.807) is 18.3 Å². The molecule has 0 radical (unpaired) electrons. The molecule has 0 fully saturated rings. The van der Waals surface area contributed by atoms with Crippen molar-refractivity contribution in [2.45, 2.75) is 13.5 Å². The van der Waals surface area contributed by atoms with Crippen molar-refractivity contribution < 1.29 is 13.2 Å². The summed E-state index contributed by atoms with van der Waals surface area (Å²) in [6.07, 6.45) is 4.60. The van der Waals surface area contributed by atoms with Gasteiger partial charge in [-0.2, -0.15) is 0 Å². The molecule has 3 aromatic rings. The second-order valence-electron chi connectivity index (χ2n) is 6.63. The van der Waals surface area contributed by atoms with Crippen LogP contribution in [0.4, 0.5) is 5.69 Å². The van der Waals surface area contributed by atoms with Gasteiger partial charge < -0.3 is 9.88 Å². The minimum atomic E-state index is -3.75. The van der Waals surface area contributed by atoms with Crippen molar-refractivity contribution >= 4 is 44.8 Å². The first-order valence-corrected chi connectivity index (χ1v) is 11.5. The summed E-state index contributed by atoms with van der Waals surface area (Å²) < 4.78 is 27.3. The molecule has 0 unspecified atom stereocenters. The van der Waals surface area contributed by atoms with Crippen LogP contribution in [0.5, 0.6) is 0 Å². The number of benzene rings is 2. The fourth-order valence-electron chi connectivity index (χ4n) is 2.88. The van der Waals surface area contributed by atoms with Crippen LogP contribution in [0.1, 0.15) is 11.4 Å². The Labute approximate surface area is 185 Å². The lowest BCUT2D eigenvalue weighted by Crippen LogP contribution is -2.40. The minimum absolute atomic E-state index is 0.0720. The summed E-state index contributed by atoms with van der Waals surface area (Å²) in [5, 5.41) is 3.01. The van der Waals surface area contributed by atoms with Crippen molar-refractivity contribution in [2.75, 3.05) is 17.1 Å². The van der Waals surface area contributed by atoms with Crippen molar-refractivity contribution in [1.29, 1.82) is 0 Å². The lowest BCUT2D eigenvalue weighted by molar-refractivity contribution is -0.119. The van der Waals surface area contributed by atoms with Crippen molar-refractivity contribution in [3.8, 4) is 5.69 Å². The molecule has 2 aromatic carbocycles. The molecule has 0 saturated heterocycles. The number of anilines is 1. The van der Waals surface area contributed by atoms with Gasteiger partial charge in [0.05, 0.1) is 22.0 Å². The second-order valence-corrected chi connectivity index (χ2v) is 9.32. The van der Waals surface area contributed by atoms with Gasteiger partial charge in [0.2, 0.25) is 15.9 Å². The van der Waals surface area contributed by atoms with E-state index in [0.29, 0.717) is 0 Å². The number of carbonyl (C=O) groups is 1. The molecule has 7 nitrogen and oxygen atoms in total. The highest BCUT2D eigenvalue weighted by molar-refractivity contribution is 7.92. The van der Waals surface area contributed by atoms with Crippen LogP contribution in [-0.2, 0) is 21.4 Å². The van der Waals surface area contributed by atoms with E-state index in [4.69, 9.17) is 23.2 Å². The smallest absolute Gasteiger partial charge is 0.241 e. The molecule has 0 atom stereocenters. The Balaban J connectivity index is 1.68. The van der Waals surface area contributed by atoms with Gasteiger partial charge in [-0.15, -0.1) is 0 Å². The maximum absolute atomic E-state index is 12.4. The first kappa shape index (κ1) is 22.1. The first-order valence-electron chi connectivity index (χ1n) is 8.94. The lowest BCUT2D eigenvalue weighted by atomic mass is 10.2. The molecule has 0 aliphatic rings. The van der Waals surface area contributed by atoms with Crippen molar-refractivity contribution in [2.24, 2.45) is 0 Å². The number of halogens is 2. The molecule has 0 aliphatic heterocycles. The molecule has 10 heteroatoms. The molecule has 1 aromatic heterocycles. The number of nitrogens with zero attached hydrogens (tertiary/aromatic N) is 3. The number of carbonyl (C=O) groups excluding carboxylic acids is 1. The Hall–Kier alpha value is -2.55. The predicted octanol–water partition coefficient (Wildman–Crippen LogP) is 3.57. The number of sulfonamides is 1.